The molecule has 0 spiro atoms. The van der Waals surface area contributed by atoms with Crippen LogP contribution in [0.4, 0.5) is 5.69 Å². The van der Waals surface area contributed by atoms with Crippen molar-refractivity contribution in [3.8, 4) is 0 Å². The summed E-state index contributed by atoms with van der Waals surface area (Å²) in [5, 5.41) is 0. The van der Waals surface area contributed by atoms with E-state index in [1.165, 1.54) is 18.4 Å². The zero-order valence-electron chi connectivity index (χ0n) is 12.4. The molecule has 0 saturated carbocycles. The molecule has 108 valence electrons. The van der Waals surface area contributed by atoms with Gasteiger partial charge < -0.3 is 10.5 Å². The van der Waals surface area contributed by atoms with Gasteiger partial charge in [-0.25, -0.2) is 0 Å². The second-order valence-electron chi connectivity index (χ2n) is 4.98. The average Bonchev–Trinajstić information content (AvgIpc) is 2.41. The van der Waals surface area contributed by atoms with E-state index in [-0.39, 0.29) is 0 Å². The highest BCUT2D eigenvalue weighted by molar-refractivity contribution is 5.39. The first-order valence-electron chi connectivity index (χ1n) is 7.40. The number of nitrogens with zero attached hydrogens (tertiary/aromatic N) is 1. The predicted octanol–water partition coefficient (Wildman–Crippen LogP) is 3.30. The quantitative estimate of drug-likeness (QED) is 0.520. The average molecular weight is 264 g/mol. The van der Waals surface area contributed by atoms with Crippen molar-refractivity contribution in [3.63, 3.8) is 0 Å². The van der Waals surface area contributed by atoms with Gasteiger partial charge in [-0.1, -0.05) is 32.4 Å². The van der Waals surface area contributed by atoms with Crippen molar-refractivity contribution >= 4 is 5.69 Å². The van der Waals surface area contributed by atoms with Crippen LogP contribution in [0, 0.1) is 0 Å². The van der Waals surface area contributed by atoms with Crippen LogP contribution in [-0.2, 0) is 11.3 Å². The first-order chi connectivity index (χ1) is 9.26. The summed E-state index contributed by atoms with van der Waals surface area (Å²) in [7, 11) is 0. The molecule has 3 nitrogen and oxygen atoms in total. The molecule has 0 atom stereocenters. The zero-order valence-corrected chi connectivity index (χ0v) is 12.4. The predicted molar refractivity (Wildman–Crippen MR) is 82.1 cm³/mol. The fourth-order valence-electron chi connectivity index (χ4n) is 2.01. The van der Waals surface area contributed by atoms with Crippen molar-refractivity contribution in [2.75, 3.05) is 32.0 Å². The Morgan fingerprint density at radius 1 is 1.00 bits per heavy atom. The van der Waals surface area contributed by atoms with Gasteiger partial charge in [-0.3, -0.25) is 4.90 Å². The minimum Gasteiger partial charge on any atom is -0.399 e. The van der Waals surface area contributed by atoms with E-state index in [0.29, 0.717) is 0 Å². The summed E-state index contributed by atoms with van der Waals surface area (Å²) in [6, 6.07) is 8.15. The number of benzene rings is 1. The van der Waals surface area contributed by atoms with Gasteiger partial charge >= 0.3 is 0 Å². The molecule has 2 N–H and O–H groups in total. The van der Waals surface area contributed by atoms with Crippen molar-refractivity contribution in [2.24, 2.45) is 0 Å². The number of nitrogens with two attached hydrogens (primary N) is 1. The molecule has 0 heterocycles. The second kappa shape index (κ2) is 9.82. The largest absolute Gasteiger partial charge is 0.399 e. The van der Waals surface area contributed by atoms with Crippen molar-refractivity contribution < 1.29 is 4.74 Å². The molecule has 0 saturated heterocycles. The molecule has 0 aromatic heterocycles. The van der Waals surface area contributed by atoms with Gasteiger partial charge in [-0.15, -0.1) is 0 Å². The van der Waals surface area contributed by atoms with Gasteiger partial charge in [-0.2, -0.15) is 0 Å². The van der Waals surface area contributed by atoms with Crippen molar-refractivity contribution in [1.29, 1.82) is 0 Å². The lowest BCUT2D eigenvalue weighted by molar-refractivity contribution is 0.0990. The van der Waals surface area contributed by atoms with Gasteiger partial charge in [-0.05, 0) is 37.1 Å². The summed E-state index contributed by atoms with van der Waals surface area (Å²) < 4.78 is 5.65. The van der Waals surface area contributed by atoms with E-state index in [9.17, 15) is 0 Å². The topological polar surface area (TPSA) is 38.5 Å². The number of nitrogen functional groups attached to an aromatic ring is 1. The van der Waals surface area contributed by atoms with Crippen LogP contribution in [0.3, 0.4) is 0 Å². The van der Waals surface area contributed by atoms with Crippen LogP contribution < -0.4 is 5.73 Å². The maximum absolute atomic E-state index is 5.71. The molecule has 0 radical (unpaired) electrons. The van der Waals surface area contributed by atoms with E-state index in [4.69, 9.17) is 10.5 Å². The number of hydrogen-bond donors (Lipinski definition) is 1. The molecule has 0 fully saturated rings. The Morgan fingerprint density at radius 3 is 2.37 bits per heavy atom. The third-order valence-electron chi connectivity index (χ3n) is 3.12. The molecule has 0 unspecified atom stereocenters. The van der Waals surface area contributed by atoms with Crippen LogP contribution in [0.5, 0.6) is 0 Å². The number of hydrogen-bond acceptors (Lipinski definition) is 3. The second-order valence-corrected chi connectivity index (χ2v) is 4.98. The fraction of sp³-hybridized carbons (Fsp3) is 0.625. The van der Waals surface area contributed by atoms with Crippen molar-refractivity contribution in [1.82, 2.24) is 4.90 Å². The van der Waals surface area contributed by atoms with Gasteiger partial charge in [0.1, 0.15) is 0 Å². The SMILES string of the molecule is CCCCOCCN(CCC)Cc1ccc(N)cc1. The van der Waals surface area contributed by atoms with Gasteiger partial charge in [0.2, 0.25) is 0 Å². The number of unbranched alkanes of at least 4 members (excludes halogenated alkanes) is 1. The van der Waals surface area contributed by atoms with E-state index in [1.54, 1.807) is 0 Å². The zero-order chi connectivity index (χ0) is 13.9. The Balaban J connectivity index is 2.33. The molecular weight excluding hydrogens is 236 g/mol. The molecule has 3 heteroatoms. The highest BCUT2D eigenvalue weighted by atomic mass is 16.5. The lowest BCUT2D eigenvalue weighted by atomic mass is 10.2. The summed E-state index contributed by atoms with van der Waals surface area (Å²) in [6.07, 6.45) is 3.53. The number of rotatable bonds is 10. The molecule has 1 rings (SSSR count). The molecule has 1 aromatic rings. The normalized spacial score (nSPS) is 11.1. The van der Waals surface area contributed by atoms with E-state index < -0.39 is 0 Å². The molecule has 0 aliphatic carbocycles. The van der Waals surface area contributed by atoms with Gasteiger partial charge in [0.05, 0.1) is 6.61 Å². The van der Waals surface area contributed by atoms with Crippen LogP contribution in [0.1, 0.15) is 38.7 Å². The van der Waals surface area contributed by atoms with Crippen molar-refractivity contribution in [3.05, 3.63) is 29.8 Å². The summed E-state index contributed by atoms with van der Waals surface area (Å²) in [4.78, 5) is 2.44. The minimum absolute atomic E-state index is 0.827. The summed E-state index contributed by atoms with van der Waals surface area (Å²) in [5.74, 6) is 0. The van der Waals surface area contributed by atoms with E-state index >= 15 is 0 Å². The molecular formula is C16H28N2O. The summed E-state index contributed by atoms with van der Waals surface area (Å²) >= 11 is 0. The molecule has 0 amide bonds. The maximum atomic E-state index is 5.71. The lowest BCUT2D eigenvalue weighted by Crippen LogP contribution is -2.28. The third-order valence-corrected chi connectivity index (χ3v) is 3.12. The molecule has 0 bridgehead atoms. The Bertz CT molecular complexity index is 324. The Morgan fingerprint density at radius 2 is 1.74 bits per heavy atom. The highest BCUT2D eigenvalue weighted by Crippen LogP contribution is 2.09. The third kappa shape index (κ3) is 7.19. The van der Waals surface area contributed by atoms with Crippen molar-refractivity contribution in [2.45, 2.75) is 39.7 Å². The molecule has 0 aliphatic rings. The van der Waals surface area contributed by atoms with Gasteiger partial charge in [0.25, 0.3) is 0 Å². The molecule has 0 aliphatic heterocycles. The monoisotopic (exact) mass is 264 g/mol. The Kier molecular flexibility index (Phi) is 8.26. The Labute approximate surface area is 117 Å². The van der Waals surface area contributed by atoms with Crippen LogP contribution in [-0.4, -0.2) is 31.2 Å². The fourth-order valence-corrected chi connectivity index (χ4v) is 2.01. The van der Waals surface area contributed by atoms with Crippen LogP contribution >= 0.6 is 0 Å². The number of ether oxygens (including phenoxy) is 1. The summed E-state index contributed by atoms with van der Waals surface area (Å²) in [6.45, 7) is 9.21. The minimum atomic E-state index is 0.827. The maximum Gasteiger partial charge on any atom is 0.0593 e. The van der Waals surface area contributed by atoms with Crippen LogP contribution in [0.2, 0.25) is 0 Å². The standard InChI is InChI=1S/C16H28N2O/c1-3-5-12-19-13-11-18(10-4-2)14-15-6-8-16(17)9-7-15/h6-9H,3-5,10-14,17H2,1-2H3. The first-order valence-corrected chi connectivity index (χ1v) is 7.40. The first kappa shape index (κ1) is 16.0. The number of anilines is 1. The van der Waals surface area contributed by atoms with Gasteiger partial charge in [0.15, 0.2) is 0 Å². The van der Waals surface area contributed by atoms with E-state index in [1.807, 2.05) is 12.1 Å². The summed E-state index contributed by atoms with van der Waals surface area (Å²) in [5.41, 5.74) is 7.85. The molecule has 1 aromatic carbocycles. The Hall–Kier alpha value is -1.06. The van der Waals surface area contributed by atoms with Gasteiger partial charge in [0, 0.05) is 25.4 Å². The highest BCUT2D eigenvalue weighted by Gasteiger charge is 2.05. The smallest absolute Gasteiger partial charge is 0.0593 e. The van der Waals surface area contributed by atoms with E-state index in [2.05, 4.69) is 30.9 Å². The lowest BCUT2D eigenvalue weighted by Gasteiger charge is -2.21. The van der Waals surface area contributed by atoms with Crippen LogP contribution in [0.15, 0.2) is 24.3 Å². The molecule has 19 heavy (non-hydrogen) atoms. The van der Waals surface area contributed by atoms with E-state index in [0.717, 1.165) is 45.0 Å². The van der Waals surface area contributed by atoms with Crippen LogP contribution in [0.25, 0.3) is 0 Å².